The number of amides is 1. The molecule has 0 fully saturated rings. The van der Waals surface area contributed by atoms with Crippen LogP contribution in [0.4, 0.5) is 13.2 Å². The molecule has 0 bridgehead atoms. The number of aromatic nitrogens is 1. The van der Waals surface area contributed by atoms with Crippen molar-refractivity contribution in [3.8, 4) is 0 Å². The Balaban J connectivity index is 2.34. The summed E-state index contributed by atoms with van der Waals surface area (Å²) in [6, 6.07) is 3.52. The molecule has 0 aliphatic rings. The Morgan fingerprint density at radius 3 is 2.78 bits per heavy atom. The normalized spacial score (nSPS) is 11.3. The molecule has 0 aliphatic carbocycles. The number of likely N-dealkylation sites (N-methyl/N-ethyl adjacent to an activating group) is 1. The largest absolute Gasteiger partial charge is 0.401 e. The minimum absolute atomic E-state index is 0.320. The molecule has 0 aromatic carbocycles. The lowest BCUT2D eigenvalue weighted by Crippen LogP contribution is -2.38. The van der Waals surface area contributed by atoms with Crippen molar-refractivity contribution in [3.05, 3.63) is 30.1 Å². The molecule has 0 saturated heterocycles. The van der Waals surface area contributed by atoms with E-state index in [0.717, 1.165) is 5.56 Å². The minimum atomic E-state index is -4.30. The molecule has 0 atom stereocenters. The summed E-state index contributed by atoms with van der Waals surface area (Å²) in [5.41, 5.74) is 0.823. The quantitative estimate of drug-likeness (QED) is 0.866. The van der Waals surface area contributed by atoms with Crippen molar-refractivity contribution >= 4 is 5.91 Å². The van der Waals surface area contributed by atoms with Crippen LogP contribution in [0.3, 0.4) is 0 Å². The summed E-state index contributed by atoms with van der Waals surface area (Å²) in [6.45, 7) is -1.18. The van der Waals surface area contributed by atoms with Gasteiger partial charge in [0.1, 0.15) is 0 Å². The lowest BCUT2D eigenvalue weighted by molar-refractivity contribution is -0.133. The highest BCUT2D eigenvalue weighted by molar-refractivity contribution is 5.77. The third kappa shape index (κ3) is 5.62. The zero-order chi connectivity index (χ0) is 13.6. The molecule has 1 amide bonds. The van der Waals surface area contributed by atoms with Gasteiger partial charge in [0.2, 0.25) is 5.91 Å². The van der Waals surface area contributed by atoms with Crippen molar-refractivity contribution < 1.29 is 18.0 Å². The van der Waals surface area contributed by atoms with Gasteiger partial charge in [-0.25, -0.2) is 0 Å². The number of carbonyl (C=O) groups excluding carboxylic acids is 1. The van der Waals surface area contributed by atoms with Crippen LogP contribution in [-0.4, -0.2) is 42.1 Å². The first kappa shape index (κ1) is 14.4. The van der Waals surface area contributed by atoms with E-state index in [2.05, 4.69) is 10.3 Å². The number of pyridine rings is 1. The van der Waals surface area contributed by atoms with Gasteiger partial charge in [-0.05, 0) is 11.6 Å². The summed E-state index contributed by atoms with van der Waals surface area (Å²) in [5.74, 6) is -0.400. The number of hydrogen-bond acceptors (Lipinski definition) is 3. The molecule has 4 nitrogen and oxygen atoms in total. The molecule has 0 spiro atoms. The Kier molecular flexibility index (Phi) is 5.08. The highest BCUT2D eigenvalue weighted by atomic mass is 19.4. The first-order valence-electron chi connectivity index (χ1n) is 5.29. The maximum atomic E-state index is 11.9. The average molecular weight is 261 g/mol. The van der Waals surface area contributed by atoms with Crippen molar-refractivity contribution in [3.63, 3.8) is 0 Å². The average Bonchev–Trinajstić information content (AvgIpc) is 2.28. The lowest BCUT2D eigenvalue weighted by Gasteiger charge is -2.17. The molecule has 18 heavy (non-hydrogen) atoms. The van der Waals surface area contributed by atoms with E-state index in [4.69, 9.17) is 0 Å². The highest BCUT2D eigenvalue weighted by Gasteiger charge is 2.26. The molecule has 1 N–H and O–H groups in total. The molecule has 0 saturated carbocycles. The minimum Gasteiger partial charge on any atom is -0.340 e. The van der Waals surface area contributed by atoms with E-state index in [1.165, 1.54) is 11.9 Å². The standard InChI is InChI=1S/C11H14F3N3O/c1-17(7-9-3-2-4-15-5-9)10(18)6-16-8-11(12,13)14/h2-5,16H,6-8H2,1H3. The molecule has 0 aliphatic heterocycles. The van der Waals surface area contributed by atoms with E-state index >= 15 is 0 Å². The number of carbonyl (C=O) groups is 1. The Hall–Kier alpha value is -1.63. The maximum absolute atomic E-state index is 11.9. The van der Waals surface area contributed by atoms with E-state index in [-0.39, 0.29) is 6.54 Å². The zero-order valence-corrected chi connectivity index (χ0v) is 9.87. The van der Waals surface area contributed by atoms with E-state index in [1.807, 2.05) is 0 Å². The molecule has 1 heterocycles. The summed E-state index contributed by atoms with van der Waals surface area (Å²) < 4.78 is 35.6. The fourth-order valence-corrected chi connectivity index (χ4v) is 1.30. The van der Waals surface area contributed by atoms with Gasteiger partial charge in [0, 0.05) is 26.0 Å². The third-order valence-corrected chi connectivity index (χ3v) is 2.17. The van der Waals surface area contributed by atoms with Crippen molar-refractivity contribution in [1.29, 1.82) is 0 Å². The Bertz CT molecular complexity index is 381. The second kappa shape index (κ2) is 6.34. The molecular formula is C11H14F3N3O. The highest BCUT2D eigenvalue weighted by Crippen LogP contribution is 2.11. The van der Waals surface area contributed by atoms with Crippen LogP contribution in [0.2, 0.25) is 0 Å². The number of alkyl halides is 3. The number of hydrogen-bond donors (Lipinski definition) is 1. The maximum Gasteiger partial charge on any atom is 0.401 e. The summed E-state index contributed by atoms with van der Waals surface area (Å²) in [4.78, 5) is 16.7. The van der Waals surface area contributed by atoms with Crippen LogP contribution in [0.5, 0.6) is 0 Å². The monoisotopic (exact) mass is 261 g/mol. The number of nitrogens with zero attached hydrogens (tertiary/aromatic N) is 2. The Morgan fingerprint density at radius 1 is 1.50 bits per heavy atom. The number of halogens is 3. The van der Waals surface area contributed by atoms with E-state index in [1.54, 1.807) is 24.5 Å². The second-order valence-corrected chi connectivity index (χ2v) is 3.83. The van der Waals surface area contributed by atoms with Gasteiger partial charge in [-0.15, -0.1) is 0 Å². The van der Waals surface area contributed by atoms with Gasteiger partial charge in [-0.3, -0.25) is 9.78 Å². The smallest absolute Gasteiger partial charge is 0.340 e. The van der Waals surface area contributed by atoms with Crippen LogP contribution >= 0.6 is 0 Å². The fourth-order valence-electron chi connectivity index (χ4n) is 1.30. The molecular weight excluding hydrogens is 247 g/mol. The summed E-state index contributed by atoms with van der Waals surface area (Å²) in [7, 11) is 1.53. The number of rotatable bonds is 5. The predicted octanol–water partition coefficient (Wildman–Crippen LogP) is 1.19. The van der Waals surface area contributed by atoms with Crippen LogP contribution in [0.15, 0.2) is 24.5 Å². The van der Waals surface area contributed by atoms with Crippen molar-refractivity contribution in [1.82, 2.24) is 15.2 Å². The fraction of sp³-hybridized carbons (Fsp3) is 0.455. The van der Waals surface area contributed by atoms with Gasteiger partial charge in [0.25, 0.3) is 0 Å². The molecule has 100 valence electrons. The topological polar surface area (TPSA) is 45.2 Å². The van der Waals surface area contributed by atoms with Gasteiger partial charge >= 0.3 is 6.18 Å². The molecule has 1 aromatic rings. The van der Waals surface area contributed by atoms with Crippen LogP contribution in [0, 0.1) is 0 Å². The van der Waals surface area contributed by atoms with E-state index in [0.29, 0.717) is 6.54 Å². The van der Waals surface area contributed by atoms with Gasteiger partial charge in [0.15, 0.2) is 0 Å². The number of nitrogens with one attached hydrogen (secondary N) is 1. The molecule has 1 aromatic heterocycles. The molecule has 0 unspecified atom stereocenters. The first-order chi connectivity index (χ1) is 8.38. The van der Waals surface area contributed by atoms with E-state index < -0.39 is 18.6 Å². The van der Waals surface area contributed by atoms with Crippen LogP contribution < -0.4 is 5.32 Å². The van der Waals surface area contributed by atoms with Gasteiger partial charge in [0.05, 0.1) is 13.1 Å². The van der Waals surface area contributed by atoms with Crippen molar-refractivity contribution in [2.45, 2.75) is 12.7 Å². The predicted molar refractivity (Wildman–Crippen MR) is 59.6 cm³/mol. The molecule has 1 rings (SSSR count). The molecule has 0 radical (unpaired) electrons. The van der Waals surface area contributed by atoms with Crippen LogP contribution in [-0.2, 0) is 11.3 Å². The van der Waals surface area contributed by atoms with Crippen molar-refractivity contribution in [2.24, 2.45) is 0 Å². The van der Waals surface area contributed by atoms with Crippen LogP contribution in [0.1, 0.15) is 5.56 Å². The first-order valence-corrected chi connectivity index (χ1v) is 5.29. The summed E-state index contributed by atoms with van der Waals surface area (Å²) in [6.07, 6.45) is -1.09. The Morgan fingerprint density at radius 2 is 2.22 bits per heavy atom. The molecule has 7 heteroatoms. The lowest BCUT2D eigenvalue weighted by atomic mass is 10.2. The van der Waals surface area contributed by atoms with Crippen molar-refractivity contribution in [2.75, 3.05) is 20.1 Å². The van der Waals surface area contributed by atoms with Gasteiger partial charge in [-0.2, -0.15) is 13.2 Å². The summed E-state index contributed by atoms with van der Waals surface area (Å²) in [5, 5.41) is 2.06. The third-order valence-electron chi connectivity index (χ3n) is 2.17. The van der Waals surface area contributed by atoms with Crippen LogP contribution in [0.25, 0.3) is 0 Å². The summed E-state index contributed by atoms with van der Waals surface area (Å²) >= 11 is 0. The second-order valence-electron chi connectivity index (χ2n) is 3.83. The van der Waals surface area contributed by atoms with Gasteiger partial charge in [-0.1, -0.05) is 6.07 Å². The van der Waals surface area contributed by atoms with Gasteiger partial charge < -0.3 is 10.2 Å². The Labute approximate surface area is 103 Å². The SMILES string of the molecule is CN(Cc1cccnc1)C(=O)CNCC(F)(F)F. The van der Waals surface area contributed by atoms with E-state index in [9.17, 15) is 18.0 Å². The zero-order valence-electron chi connectivity index (χ0n) is 9.87.